The lowest BCUT2D eigenvalue weighted by molar-refractivity contribution is -0.301. The molecule has 0 aromatic rings. The summed E-state index contributed by atoms with van der Waals surface area (Å²) in [6.07, 6.45) is 53.6. The Labute approximate surface area is 426 Å². The summed E-state index contributed by atoms with van der Waals surface area (Å²) >= 11 is 0. The van der Waals surface area contributed by atoms with E-state index in [0.29, 0.717) is 13.0 Å². The van der Waals surface area contributed by atoms with Crippen LogP contribution in [0.15, 0.2) is 72.9 Å². The fraction of sp³-hybridized carbons (Fsp3) is 0.772. The lowest BCUT2D eigenvalue weighted by atomic mass is 9.99. The van der Waals surface area contributed by atoms with Gasteiger partial charge in [-0.25, -0.2) is 4.18 Å². The van der Waals surface area contributed by atoms with E-state index >= 15 is 0 Å². The largest absolute Gasteiger partial charge is 0.457 e. The molecule has 12 nitrogen and oxygen atoms in total. The van der Waals surface area contributed by atoms with Gasteiger partial charge in [0.1, 0.15) is 30.5 Å². The first kappa shape index (κ1) is 65.6. The minimum Gasteiger partial charge on any atom is -0.457 e. The Bertz CT molecular complexity index is 1490. The third kappa shape index (κ3) is 40.1. The van der Waals surface area contributed by atoms with E-state index in [4.69, 9.17) is 18.9 Å². The molecule has 0 bridgehead atoms. The maximum Gasteiger partial charge on any atom is 0.397 e. The molecule has 0 aliphatic carbocycles. The molecule has 0 aromatic heterocycles. The molecule has 1 saturated heterocycles. The molecular formula is C57H100O12S. The second kappa shape index (κ2) is 47.5. The van der Waals surface area contributed by atoms with Crippen molar-refractivity contribution in [2.24, 2.45) is 0 Å². The summed E-state index contributed by atoms with van der Waals surface area (Å²) in [6.45, 7) is 3.83. The minimum atomic E-state index is -5.07. The quantitative estimate of drug-likeness (QED) is 0.0197. The summed E-state index contributed by atoms with van der Waals surface area (Å²) < 4.78 is 59.3. The van der Waals surface area contributed by atoms with Gasteiger partial charge in [0.2, 0.25) is 0 Å². The van der Waals surface area contributed by atoms with E-state index in [1.807, 2.05) is 0 Å². The molecule has 1 fully saturated rings. The van der Waals surface area contributed by atoms with Crippen molar-refractivity contribution in [1.82, 2.24) is 0 Å². The number of aliphatic hydroxyl groups is 3. The lowest BCUT2D eigenvalue weighted by Gasteiger charge is -2.41. The van der Waals surface area contributed by atoms with Crippen LogP contribution in [-0.2, 0) is 38.3 Å². The van der Waals surface area contributed by atoms with Crippen LogP contribution < -0.4 is 0 Å². The predicted octanol–water partition coefficient (Wildman–Crippen LogP) is 13.4. The zero-order valence-electron chi connectivity index (χ0n) is 43.8. The third-order valence-electron chi connectivity index (χ3n) is 12.3. The first-order chi connectivity index (χ1) is 34.1. The SMILES string of the molecule is CC/C=C\C/C=C\C/C=C\C/C=C\C/C=C\CCCCCCOCC(COC1OC(CO)C(O)C(OS(=O)(=O)O)C1O)OC(=O)CCCCCCCCCCCCC/C=C\CCCCCCCCCC. The molecule has 1 aliphatic heterocycles. The summed E-state index contributed by atoms with van der Waals surface area (Å²) in [7, 11) is -5.07. The van der Waals surface area contributed by atoms with Crippen molar-refractivity contribution in [2.75, 3.05) is 26.4 Å². The molecule has 0 amide bonds. The van der Waals surface area contributed by atoms with Crippen molar-refractivity contribution in [2.45, 2.75) is 256 Å². The Balaban J connectivity index is 2.34. The second-order valence-corrected chi connectivity index (χ2v) is 19.8. The monoisotopic (exact) mass is 1010 g/mol. The van der Waals surface area contributed by atoms with Gasteiger partial charge in [0.05, 0.1) is 19.8 Å². The zero-order chi connectivity index (χ0) is 51.0. The summed E-state index contributed by atoms with van der Waals surface area (Å²) in [5.74, 6) is -0.410. The van der Waals surface area contributed by atoms with Gasteiger partial charge >= 0.3 is 16.4 Å². The van der Waals surface area contributed by atoms with Crippen LogP contribution in [0.2, 0.25) is 0 Å². The molecule has 6 atom stereocenters. The Hall–Kier alpha value is -2.46. The average molecular weight is 1010 g/mol. The number of esters is 1. The number of carbonyl (C=O) groups is 1. The molecule has 4 N–H and O–H groups in total. The van der Waals surface area contributed by atoms with Gasteiger partial charge in [0, 0.05) is 13.0 Å². The van der Waals surface area contributed by atoms with Crippen LogP contribution in [0.5, 0.6) is 0 Å². The molecular weight excluding hydrogens is 909 g/mol. The number of aliphatic hydroxyl groups excluding tert-OH is 3. The Kier molecular flexibility index (Phi) is 44.5. The number of ether oxygens (including phenoxy) is 4. The van der Waals surface area contributed by atoms with Crippen molar-refractivity contribution in [1.29, 1.82) is 0 Å². The van der Waals surface area contributed by atoms with Crippen molar-refractivity contribution < 1.29 is 56.2 Å². The van der Waals surface area contributed by atoms with Gasteiger partial charge < -0.3 is 34.3 Å². The summed E-state index contributed by atoms with van der Waals surface area (Å²) in [5.41, 5.74) is 0. The van der Waals surface area contributed by atoms with Gasteiger partial charge in [-0.2, -0.15) is 8.42 Å². The van der Waals surface area contributed by atoms with Crippen LogP contribution in [0.3, 0.4) is 0 Å². The number of hydrogen-bond donors (Lipinski definition) is 4. The summed E-state index contributed by atoms with van der Waals surface area (Å²) in [5, 5.41) is 30.8. The highest BCUT2D eigenvalue weighted by Gasteiger charge is 2.48. The smallest absolute Gasteiger partial charge is 0.397 e. The van der Waals surface area contributed by atoms with Gasteiger partial charge in [0.15, 0.2) is 6.29 Å². The number of carbonyl (C=O) groups excluding carboxylic acids is 1. The zero-order valence-corrected chi connectivity index (χ0v) is 44.6. The fourth-order valence-electron chi connectivity index (χ4n) is 8.17. The Morgan fingerprint density at radius 3 is 1.46 bits per heavy atom. The van der Waals surface area contributed by atoms with Gasteiger partial charge in [-0.1, -0.05) is 202 Å². The molecule has 0 saturated carbocycles. The van der Waals surface area contributed by atoms with E-state index in [2.05, 4.69) is 90.9 Å². The molecule has 6 unspecified atom stereocenters. The summed E-state index contributed by atoms with van der Waals surface area (Å²) in [4.78, 5) is 12.9. The molecule has 0 spiro atoms. The van der Waals surface area contributed by atoms with Crippen LogP contribution in [0.4, 0.5) is 0 Å². The first-order valence-electron chi connectivity index (χ1n) is 27.7. The van der Waals surface area contributed by atoms with Gasteiger partial charge in [-0.15, -0.1) is 0 Å². The number of hydrogen-bond acceptors (Lipinski definition) is 11. The van der Waals surface area contributed by atoms with Crippen molar-refractivity contribution in [3.05, 3.63) is 72.9 Å². The van der Waals surface area contributed by atoms with Crippen LogP contribution in [0.1, 0.15) is 219 Å². The van der Waals surface area contributed by atoms with Crippen molar-refractivity contribution >= 4 is 16.4 Å². The van der Waals surface area contributed by atoms with Crippen molar-refractivity contribution in [3.8, 4) is 0 Å². The lowest BCUT2D eigenvalue weighted by Crippen LogP contribution is -2.60. The Morgan fingerprint density at radius 2 is 0.986 bits per heavy atom. The maximum absolute atomic E-state index is 12.9. The van der Waals surface area contributed by atoms with E-state index in [0.717, 1.165) is 83.5 Å². The molecule has 0 radical (unpaired) electrons. The minimum absolute atomic E-state index is 0.0159. The molecule has 0 aromatic carbocycles. The van der Waals surface area contributed by atoms with Gasteiger partial charge in [-0.05, 0) is 83.5 Å². The molecule has 1 aliphatic rings. The molecule has 70 heavy (non-hydrogen) atoms. The average Bonchev–Trinajstić information content (AvgIpc) is 3.34. The predicted molar refractivity (Wildman–Crippen MR) is 285 cm³/mol. The molecule has 1 heterocycles. The van der Waals surface area contributed by atoms with Crippen LogP contribution in [0.25, 0.3) is 0 Å². The van der Waals surface area contributed by atoms with Gasteiger partial charge in [0.25, 0.3) is 0 Å². The fourth-order valence-corrected chi connectivity index (χ4v) is 8.67. The maximum atomic E-state index is 12.9. The normalized spacial score (nSPS) is 19.7. The first-order valence-corrected chi connectivity index (χ1v) is 29.1. The highest BCUT2D eigenvalue weighted by molar-refractivity contribution is 7.80. The standard InChI is InChI=1S/C57H100O12S/c1-3-5-7-9-11-13-15-17-19-21-23-25-26-27-28-30-32-34-36-38-40-42-44-46-53(59)67-51(50-66-57-55(61)56(69-70(62,63)64)54(60)52(48-58)68-57)49-65-47-45-43-41-39-37-35-33-31-29-24-22-20-18-16-14-12-10-8-6-4-2/h6,8,12,14,18,20-21,23-24,29,33,35,51-52,54-58,60-61H,3-5,7,9-11,13,15-17,19,22,25-28,30-32,34,36-50H2,1-2H3,(H,62,63,64)/b8-6-,14-12-,20-18-,23-21-,29-24-,35-33-. The second-order valence-electron chi connectivity index (χ2n) is 18.8. The number of rotatable bonds is 48. The highest BCUT2D eigenvalue weighted by atomic mass is 32.3. The third-order valence-corrected chi connectivity index (χ3v) is 12.8. The number of allylic oxidation sites excluding steroid dienone is 12. The molecule has 1 rings (SSSR count). The van der Waals surface area contributed by atoms with E-state index in [-0.39, 0.29) is 19.6 Å². The van der Waals surface area contributed by atoms with E-state index in [1.54, 1.807) is 0 Å². The van der Waals surface area contributed by atoms with Crippen LogP contribution >= 0.6 is 0 Å². The van der Waals surface area contributed by atoms with E-state index < -0.39 is 59.8 Å². The van der Waals surface area contributed by atoms with Crippen LogP contribution in [0, 0.1) is 0 Å². The number of unbranched alkanes of at least 4 members (excludes halogenated alkanes) is 23. The van der Waals surface area contributed by atoms with Crippen molar-refractivity contribution in [3.63, 3.8) is 0 Å². The molecule has 406 valence electrons. The Morgan fingerprint density at radius 1 is 0.557 bits per heavy atom. The van der Waals surface area contributed by atoms with Gasteiger partial charge in [-0.3, -0.25) is 9.35 Å². The van der Waals surface area contributed by atoms with Crippen LogP contribution in [-0.4, -0.2) is 97.5 Å². The van der Waals surface area contributed by atoms with E-state index in [1.165, 1.54) is 109 Å². The van der Waals surface area contributed by atoms with E-state index in [9.17, 15) is 33.1 Å². The highest BCUT2D eigenvalue weighted by Crippen LogP contribution is 2.26. The molecule has 13 heteroatoms. The topological polar surface area (TPSA) is 178 Å². The summed E-state index contributed by atoms with van der Waals surface area (Å²) in [6, 6.07) is 0.